The van der Waals surface area contributed by atoms with Crippen molar-refractivity contribution in [2.75, 3.05) is 36.9 Å². The molecule has 0 heterocycles. The predicted molar refractivity (Wildman–Crippen MR) is 182 cm³/mol. The van der Waals surface area contributed by atoms with Crippen LogP contribution in [0.2, 0.25) is 0 Å². The van der Waals surface area contributed by atoms with Gasteiger partial charge in [0, 0.05) is 35.0 Å². The SMILES string of the molecule is COc1cc(S(=O)(=O)O)c(OC)cc1N.O=C(Nc1cc(S(=O)(=O)O)cc2cc(S(=O)(=O)O)cc(O)c12)c1cccc(CS(=O)(=O)CCCl)c1. The summed E-state index contributed by atoms with van der Waals surface area (Å²) < 4.78 is 130. The molecule has 0 aliphatic rings. The van der Waals surface area contributed by atoms with Crippen molar-refractivity contribution in [2.45, 2.75) is 20.4 Å². The number of nitrogens with two attached hydrogens (primary N) is 1. The van der Waals surface area contributed by atoms with Crippen LogP contribution in [-0.4, -0.2) is 84.2 Å². The number of aromatic hydroxyl groups is 1. The van der Waals surface area contributed by atoms with Gasteiger partial charge in [0.2, 0.25) is 0 Å². The van der Waals surface area contributed by atoms with E-state index >= 15 is 0 Å². The molecule has 4 aromatic rings. The number of amides is 1. The maximum Gasteiger partial charge on any atom is 0.298 e. The van der Waals surface area contributed by atoms with Crippen LogP contribution in [0.25, 0.3) is 10.8 Å². The zero-order valence-corrected chi connectivity index (χ0v) is 29.8. The van der Waals surface area contributed by atoms with E-state index in [-0.39, 0.29) is 61.5 Å². The molecule has 0 aliphatic carbocycles. The first-order chi connectivity index (χ1) is 23.0. The summed E-state index contributed by atoms with van der Waals surface area (Å²) in [7, 11) is -14.9. The zero-order valence-electron chi connectivity index (χ0n) is 25.8. The summed E-state index contributed by atoms with van der Waals surface area (Å²) in [4.78, 5) is 11.0. The molecule has 0 saturated heterocycles. The minimum absolute atomic E-state index is 0.0111. The predicted octanol–water partition coefficient (Wildman–Crippen LogP) is 2.98. The van der Waals surface area contributed by atoms with Gasteiger partial charge in [-0.15, -0.1) is 11.6 Å². The largest absolute Gasteiger partial charge is 0.507 e. The highest BCUT2D eigenvalue weighted by Gasteiger charge is 2.22. The van der Waals surface area contributed by atoms with Crippen molar-refractivity contribution in [3.8, 4) is 17.2 Å². The first-order valence-electron chi connectivity index (χ1n) is 13.4. The highest BCUT2D eigenvalue weighted by atomic mass is 35.5. The Morgan fingerprint density at radius 3 is 1.90 bits per heavy atom. The second-order valence-electron chi connectivity index (χ2n) is 10.1. The maximum atomic E-state index is 12.9. The number of rotatable bonds is 11. The Hall–Kier alpha value is -4.22. The van der Waals surface area contributed by atoms with E-state index in [4.69, 9.17) is 31.4 Å². The third kappa shape index (κ3) is 10.2. The van der Waals surface area contributed by atoms with Gasteiger partial charge in [0.15, 0.2) is 9.84 Å². The van der Waals surface area contributed by atoms with Crippen LogP contribution in [0.3, 0.4) is 0 Å². The molecular formula is C28H29ClN2O15S4. The number of alkyl halides is 1. The van der Waals surface area contributed by atoms with Crippen LogP contribution in [0.4, 0.5) is 11.4 Å². The molecule has 0 radical (unpaired) electrons. The van der Waals surface area contributed by atoms with Crippen molar-refractivity contribution in [1.82, 2.24) is 0 Å². The molecule has 4 rings (SSSR count). The lowest BCUT2D eigenvalue weighted by atomic mass is 10.1. The van der Waals surface area contributed by atoms with Crippen LogP contribution in [0.1, 0.15) is 15.9 Å². The number of sulfone groups is 1. The summed E-state index contributed by atoms with van der Waals surface area (Å²) in [5.74, 6) is -2.14. The van der Waals surface area contributed by atoms with Crippen LogP contribution in [0, 0.1) is 0 Å². The Morgan fingerprint density at radius 1 is 0.800 bits per heavy atom. The van der Waals surface area contributed by atoms with Gasteiger partial charge in [-0.25, -0.2) is 8.42 Å². The second-order valence-corrected chi connectivity index (χ2v) is 16.9. The van der Waals surface area contributed by atoms with Gasteiger partial charge in [0.25, 0.3) is 36.3 Å². The number of anilines is 2. The topological polar surface area (TPSA) is 291 Å². The van der Waals surface area contributed by atoms with Crippen LogP contribution < -0.4 is 20.5 Å². The number of nitrogens with one attached hydrogen (secondary N) is 1. The number of fused-ring (bicyclic) bond motifs is 1. The average Bonchev–Trinajstić information content (AvgIpc) is 2.99. The van der Waals surface area contributed by atoms with Gasteiger partial charge in [-0.05, 0) is 41.3 Å². The van der Waals surface area contributed by atoms with Gasteiger partial charge in [0.1, 0.15) is 22.1 Å². The number of nitrogen functional groups attached to an aromatic ring is 1. The minimum atomic E-state index is -4.83. The summed E-state index contributed by atoms with van der Waals surface area (Å²) in [6.07, 6.45) is 0. The third-order valence-corrected chi connectivity index (χ3v) is 11.1. The lowest BCUT2D eigenvalue weighted by Gasteiger charge is -2.13. The summed E-state index contributed by atoms with van der Waals surface area (Å²) >= 11 is 5.49. The number of phenolic OH excluding ortho intramolecular Hbond substituents is 1. The normalized spacial score (nSPS) is 12.1. The minimum Gasteiger partial charge on any atom is -0.507 e. The van der Waals surface area contributed by atoms with Crippen molar-refractivity contribution in [3.63, 3.8) is 0 Å². The average molecular weight is 797 g/mol. The number of carbonyl (C=O) groups excluding carboxylic acids is 1. The van der Waals surface area contributed by atoms with Crippen molar-refractivity contribution in [2.24, 2.45) is 0 Å². The molecule has 0 atom stereocenters. The van der Waals surface area contributed by atoms with Gasteiger partial charge in [-0.2, -0.15) is 25.3 Å². The Kier molecular flexibility index (Phi) is 12.3. The number of hydrogen-bond donors (Lipinski definition) is 6. The van der Waals surface area contributed by atoms with Crippen LogP contribution in [-0.2, 0) is 45.9 Å². The van der Waals surface area contributed by atoms with E-state index in [1.54, 1.807) is 0 Å². The van der Waals surface area contributed by atoms with E-state index in [0.29, 0.717) is 11.6 Å². The van der Waals surface area contributed by atoms with E-state index in [0.717, 1.165) is 24.3 Å². The molecule has 0 spiro atoms. The van der Waals surface area contributed by atoms with Crippen LogP contribution in [0.15, 0.2) is 75.4 Å². The number of carbonyl (C=O) groups is 1. The molecule has 17 nitrogen and oxygen atoms in total. The highest BCUT2D eigenvalue weighted by molar-refractivity contribution is 7.90. The number of methoxy groups -OCH3 is 2. The summed E-state index contributed by atoms with van der Waals surface area (Å²) in [6.45, 7) is 0. The fraction of sp³-hybridized carbons (Fsp3) is 0.179. The molecule has 272 valence electrons. The van der Waals surface area contributed by atoms with Gasteiger partial charge >= 0.3 is 0 Å². The van der Waals surface area contributed by atoms with Crippen LogP contribution >= 0.6 is 11.6 Å². The number of benzene rings is 4. The number of phenols is 1. The third-order valence-electron chi connectivity index (χ3n) is 6.58. The lowest BCUT2D eigenvalue weighted by Crippen LogP contribution is -2.14. The van der Waals surface area contributed by atoms with Crippen molar-refractivity contribution in [3.05, 3.63) is 71.8 Å². The zero-order chi connectivity index (χ0) is 37.8. The van der Waals surface area contributed by atoms with E-state index in [1.165, 1.54) is 44.6 Å². The lowest BCUT2D eigenvalue weighted by molar-refractivity contribution is 0.102. The maximum absolute atomic E-state index is 12.9. The summed E-state index contributed by atoms with van der Waals surface area (Å²) in [5.41, 5.74) is 5.74. The Bertz CT molecular complexity index is 2400. The molecule has 0 aromatic heterocycles. The summed E-state index contributed by atoms with van der Waals surface area (Å²) in [6, 6.07) is 11.2. The first kappa shape index (κ1) is 40.2. The fourth-order valence-corrected chi connectivity index (χ4v) is 7.87. The van der Waals surface area contributed by atoms with Gasteiger partial charge < -0.3 is 25.6 Å². The molecular weight excluding hydrogens is 768 g/mol. The second kappa shape index (κ2) is 15.3. The van der Waals surface area contributed by atoms with Crippen molar-refractivity contribution in [1.29, 1.82) is 0 Å². The molecule has 7 N–H and O–H groups in total. The Morgan fingerprint density at radius 2 is 1.38 bits per heavy atom. The van der Waals surface area contributed by atoms with Crippen molar-refractivity contribution < 1.29 is 66.7 Å². The first-order valence-corrected chi connectivity index (χ1v) is 20.1. The van der Waals surface area contributed by atoms with E-state index in [2.05, 4.69) is 5.32 Å². The molecule has 0 saturated carbocycles. The van der Waals surface area contributed by atoms with Gasteiger partial charge in [0.05, 0.1) is 46.9 Å². The van der Waals surface area contributed by atoms with E-state index in [9.17, 15) is 52.7 Å². The van der Waals surface area contributed by atoms with Gasteiger partial charge in [-0.1, -0.05) is 12.1 Å². The monoisotopic (exact) mass is 796 g/mol. The fourth-order valence-electron chi connectivity index (χ4n) is 4.37. The number of ether oxygens (including phenoxy) is 2. The highest BCUT2D eigenvalue weighted by Crippen LogP contribution is 2.37. The molecule has 0 aliphatic heterocycles. The number of halogens is 1. The molecule has 1 amide bonds. The van der Waals surface area contributed by atoms with Crippen molar-refractivity contribution >= 4 is 79.8 Å². The molecule has 0 bridgehead atoms. The standard InChI is InChI=1S/C20H18ClNO10S3.C8H11NO5S/c21-4-5-33(25,26)11-12-2-1-3-13(6-12)20(24)22-17-9-15(34(27,28)29)7-14-8-16(35(30,31)32)10-18(23)19(14)17;1-13-6-4-8(15(10,11)12)7(14-2)3-5(6)9/h1-3,6-10,23H,4-5,11H2,(H,22,24)(H,27,28,29)(H,30,31,32);3-4H,9H2,1-2H3,(H,10,11,12). The van der Waals surface area contributed by atoms with Crippen LogP contribution in [0.5, 0.6) is 17.2 Å². The molecule has 0 unspecified atom stereocenters. The quantitative estimate of drug-likeness (QED) is 0.0722. The Labute approximate surface area is 291 Å². The molecule has 50 heavy (non-hydrogen) atoms. The summed E-state index contributed by atoms with van der Waals surface area (Å²) in [5, 5.41) is 12.3. The number of hydrogen-bond acceptors (Lipinski definition) is 13. The van der Waals surface area contributed by atoms with Gasteiger partial charge in [-0.3, -0.25) is 18.5 Å². The smallest absolute Gasteiger partial charge is 0.298 e. The Balaban J connectivity index is 0.000000376. The van der Waals surface area contributed by atoms with E-state index < -0.39 is 61.6 Å². The molecule has 22 heteroatoms. The molecule has 0 fully saturated rings. The van der Waals surface area contributed by atoms with E-state index in [1.807, 2.05) is 0 Å². The molecule has 4 aromatic carbocycles.